The quantitative estimate of drug-likeness (QED) is 0.0711. The molecule has 0 spiro atoms. The first-order valence-electron chi connectivity index (χ1n) is 14.6. The van der Waals surface area contributed by atoms with E-state index in [4.69, 9.17) is 10.2 Å². The van der Waals surface area contributed by atoms with Crippen molar-refractivity contribution in [3.8, 4) is 0 Å². The molecule has 0 saturated heterocycles. The second-order valence-corrected chi connectivity index (χ2v) is 10.4. The largest absolute Gasteiger partial charge is 0.481 e. The number of rotatable bonds is 26. The van der Waals surface area contributed by atoms with Crippen LogP contribution in [0.2, 0.25) is 0 Å². The number of ketones is 1. The van der Waals surface area contributed by atoms with Crippen LogP contribution in [0, 0.1) is 5.92 Å². The monoisotopic (exact) mass is 601 g/mol. The van der Waals surface area contributed by atoms with E-state index in [1.54, 1.807) is 0 Å². The SMILES string of the molecule is CCCCCC(CC(=O)CCCCCCC(=O)NCCCCC(NC(=O)NC(CCC(=O)O)C(=O)O)C(=O)O)C(=O)O. The van der Waals surface area contributed by atoms with E-state index < -0.39 is 54.3 Å². The van der Waals surface area contributed by atoms with Gasteiger partial charge in [-0.1, -0.05) is 39.0 Å². The van der Waals surface area contributed by atoms with Gasteiger partial charge in [-0.3, -0.25) is 19.2 Å². The average molecular weight is 602 g/mol. The van der Waals surface area contributed by atoms with Crippen LogP contribution >= 0.6 is 0 Å². The van der Waals surface area contributed by atoms with Crippen LogP contribution in [-0.4, -0.2) is 80.7 Å². The van der Waals surface area contributed by atoms with Crippen molar-refractivity contribution >= 4 is 41.6 Å². The highest BCUT2D eigenvalue weighted by atomic mass is 16.4. The number of Topliss-reactive ketones (excluding diaryl/α,β-unsaturated/α-hetero) is 1. The summed E-state index contributed by atoms with van der Waals surface area (Å²) in [5.41, 5.74) is 0. The smallest absolute Gasteiger partial charge is 0.326 e. The Balaban J connectivity index is 4.10. The minimum Gasteiger partial charge on any atom is -0.481 e. The summed E-state index contributed by atoms with van der Waals surface area (Å²) in [6.07, 6.45) is 6.78. The highest BCUT2D eigenvalue weighted by Gasteiger charge is 2.25. The molecule has 0 radical (unpaired) electrons. The normalized spacial score (nSPS) is 12.9. The molecular formula is C28H47N3O11. The second-order valence-electron chi connectivity index (χ2n) is 10.4. The number of carboxylic acid groups (broad SMARTS) is 4. The Bertz CT molecular complexity index is 894. The fraction of sp³-hybridized carbons (Fsp3) is 0.750. The Hall–Kier alpha value is -3.71. The fourth-order valence-corrected chi connectivity index (χ4v) is 4.22. The molecule has 14 nitrogen and oxygen atoms in total. The molecule has 0 rings (SSSR count). The van der Waals surface area contributed by atoms with Crippen LogP contribution in [0.4, 0.5) is 4.79 Å². The molecule has 240 valence electrons. The molecule has 0 fully saturated rings. The molecule has 0 aromatic heterocycles. The molecule has 0 heterocycles. The highest BCUT2D eigenvalue weighted by Crippen LogP contribution is 2.17. The predicted molar refractivity (Wildman–Crippen MR) is 151 cm³/mol. The van der Waals surface area contributed by atoms with Crippen LogP contribution in [-0.2, 0) is 28.8 Å². The van der Waals surface area contributed by atoms with Gasteiger partial charge in [-0.25, -0.2) is 14.4 Å². The zero-order chi connectivity index (χ0) is 31.9. The minimum atomic E-state index is -1.48. The first-order chi connectivity index (χ1) is 19.9. The molecule has 0 saturated carbocycles. The van der Waals surface area contributed by atoms with E-state index in [0.717, 1.165) is 32.1 Å². The van der Waals surface area contributed by atoms with Crippen LogP contribution in [0.15, 0.2) is 0 Å². The van der Waals surface area contributed by atoms with Gasteiger partial charge in [-0.15, -0.1) is 0 Å². The van der Waals surface area contributed by atoms with Gasteiger partial charge in [0, 0.05) is 32.2 Å². The highest BCUT2D eigenvalue weighted by molar-refractivity contribution is 5.86. The van der Waals surface area contributed by atoms with Crippen molar-refractivity contribution in [1.82, 2.24) is 16.0 Å². The molecule has 7 N–H and O–H groups in total. The number of aliphatic carboxylic acids is 4. The Morgan fingerprint density at radius 1 is 0.595 bits per heavy atom. The van der Waals surface area contributed by atoms with Crippen LogP contribution in [0.3, 0.4) is 0 Å². The summed E-state index contributed by atoms with van der Waals surface area (Å²) >= 11 is 0. The summed E-state index contributed by atoms with van der Waals surface area (Å²) < 4.78 is 0. The zero-order valence-corrected chi connectivity index (χ0v) is 24.4. The van der Waals surface area contributed by atoms with Gasteiger partial charge in [0.05, 0.1) is 5.92 Å². The van der Waals surface area contributed by atoms with Gasteiger partial charge >= 0.3 is 29.9 Å². The summed E-state index contributed by atoms with van der Waals surface area (Å²) in [6, 6.07) is -3.81. The van der Waals surface area contributed by atoms with Crippen LogP contribution in [0.1, 0.15) is 110 Å². The number of nitrogens with one attached hydrogen (secondary N) is 3. The average Bonchev–Trinajstić information content (AvgIpc) is 2.91. The Labute approximate surface area is 246 Å². The van der Waals surface area contributed by atoms with E-state index in [2.05, 4.69) is 16.0 Å². The topological polar surface area (TPSA) is 236 Å². The second kappa shape index (κ2) is 22.9. The number of carboxylic acids is 4. The molecule has 0 aliphatic heterocycles. The molecule has 3 amide bonds. The summed E-state index contributed by atoms with van der Waals surface area (Å²) in [5.74, 6) is -5.73. The number of hydrogen-bond acceptors (Lipinski definition) is 7. The number of amides is 3. The summed E-state index contributed by atoms with van der Waals surface area (Å²) in [6.45, 7) is 2.35. The van der Waals surface area contributed by atoms with Crippen LogP contribution < -0.4 is 16.0 Å². The molecule has 0 aromatic carbocycles. The summed E-state index contributed by atoms with van der Waals surface area (Å²) in [5, 5.41) is 43.4. The third kappa shape index (κ3) is 20.2. The Morgan fingerprint density at radius 2 is 1.17 bits per heavy atom. The minimum absolute atomic E-state index is 0.0379. The van der Waals surface area contributed by atoms with Gasteiger partial charge < -0.3 is 36.4 Å². The van der Waals surface area contributed by atoms with E-state index in [-0.39, 0.29) is 31.0 Å². The van der Waals surface area contributed by atoms with Gasteiger partial charge in [0.15, 0.2) is 0 Å². The Morgan fingerprint density at radius 3 is 1.71 bits per heavy atom. The summed E-state index contributed by atoms with van der Waals surface area (Å²) in [4.78, 5) is 80.7. The zero-order valence-electron chi connectivity index (χ0n) is 24.4. The van der Waals surface area contributed by atoms with Gasteiger partial charge in [0.25, 0.3) is 0 Å². The number of urea groups is 1. The molecular weight excluding hydrogens is 554 g/mol. The van der Waals surface area contributed by atoms with E-state index in [1.165, 1.54) is 0 Å². The number of unbranched alkanes of at least 4 members (excludes halogenated alkanes) is 6. The maximum atomic E-state index is 12.1. The van der Waals surface area contributed by atoms with Crippen molar-refractivity contribution in [2.45, 2.75) is 122 Å². The third-order valence-electron chi connectivity index (χ3n) is 6.68. The first kappa shape index (κ1) is 38.3. The first-order valence-corrected chi connectivity index (χ1v) is 14.6. The van der Waals surface area contributed by atoms with E-state index in [0.29, 0.717) is 51.5 Å². The maximum Gasteiger partial charge on any atom is 0.326 e. The lowest BCUT2D eigenvalue weighted by atomic mass is 9.94. The molecule has 0 aliphatic rings. The lowest BCUT2D eigenvalue weighted by molar-refractivity contribution is -0.144. The molecule has 3 atom stereocenters. The molecule has 0 aromatic rings. The number of hydrogen-bond donors (Lipinski definition) is 7. The van der Waals surface area contributed by atoms with E-state index in [1.807, 2.05) is 6.92 Å². The molecule has 0 aliphatic carbocycles. The standard InChI is InChI=1S/C28H47N3O11/c1-2-3-6-11-19(25(36)37)18-20(32)12-7-4-5-8-14-23(33)29-17-10-9-13-21(26(38)39)30-28(42)31-22(27(40)41)15-16-24(34)35/h19,21-22H,2-18H2,1H3,(H,29,33)(H,34,35)(H,36,37)(H,38,39)(H,40,41)(H2,30,31,42). The fourth-order valence-electron chi connectivity index (χ4n) is 4.22. The van der Waals surface area contributed by atoms with E-state index in [9.17, 15) is 43.8 Å². The van der Waals surface area contributed by atoms with Gasteiger partial charge in [-0.05, 0) is 44.9 Å². The van der Waals surface area contributed by atoms with Crippen LogP contribution in [0.25, 0.3) is 0 Å². The third-order valence-corrected chi connectivity index (χ3v) is 6.68. The molecule has 14 heteroatoms. The van der Waals surface area contributed by atoms with Crippen molar-refractivity contribution in [3.63, 3.8) is 0 Å². The summed E-state index contributed by atoms with van der Waals surface area (Å²) in [7, 11) is 0. The maximum absolute atomic E-state index is 12.1. The van der Waals surface area contributed by atoms with Crippen molar-refractivity contribution in [2.24, 2.45) is 5.92 Å². The van der Waals surface area contributed by atoms with Crippen molar-refractivity contribution < 1.29 is 54.0 Å². The molecule has 0 bridgehead atoms. The predicted octanol–water partition coefficient (Wildman–Crippen LogP) is 2.92. The van der Waals surface area contributed by atoms with Crippen molar-refractivity contribution in [1.29, 1.82) is 0 Å². The number of carbonyl (C=O) groups is 7. The van der Waals surface area contributed by atoms with Gasteiger partial charge in [-0.2, -0.15) is 0 Å². The molecule has 3 unspecified atom stereocenters. The lowest BCUT2D eigenvalue weighted by Gasteiger charge is -2.18. The van der Waals surface area contributed by atoms with E-state index >= 15 is 0 Å². The lowest BCUT2D eigenvalue weighted by Crippen LogP contribution is -2.51. The molecule has 42 heavy (non-hydrogen) atoms. The van der Waals surface area contributed by atoms with Gasteiger partial charge in [0.1, 0.15) is 17.9 Å². The van der Waals surface area contributed by atoms with Crippen molar-refractivity contribution in [2.75, 3.05) is 6.54 Å². The van der Waals surface area contributed by atoms with Crippen LogP contribution in [0.5, 0.6) is 0 Å². The van der Waals surface area contributed by atoms with Gasteiger partial charge in [0.2, 0.25) is 5.91 Å². The Kier molecular flexibility index (Phi) is 20.9. The number of carbonyl (C=O) groups excluding carboxylic acids is 3. The van der Waals surface area contributed by atoms with Crippen molar-refractivity contribution in [3.05, 3.63) is 0 Å².